The van der Waals surface area contributed by atoms with Crippen molar-refractivity contribution in [3.05, 3.63) is 0 Å². The van der Waals surface area contributed by atoms with Gasteiger partial charge in [-0.2, -0.15) is 0 Å². The monoisotopic (exact) mass is 265 g/mol. The van der Waals surface area contributed by atoms with Crippen LogP contribution in [0.3, 0.4) is 0 Å². The molecule has 0 aliphatic carbocycles. The van der Waals surface area contributed by atoms with Gasteiger partial charge >= 0.3 is 6.09 Å². The van der Waals surface area contributed by atoms with E-state index >= 15 is 0 Å². The average molecular weight is 265 g/mol. The second-order valence-corrected chi connectivity index (χ2v) is 5.61. The fraction of sp³-hybridized carbons (Fsp3) is 0.917. The summed E-state index contributed by atoms with van der Waals surface area (Å²) in [5.41, 5.74) is -0.681. The normalized spacial score (nSPS) is 24.6. The van der Waals surface area contributed by atoms with E-state index in [0.29, 0.717) is 6.42 Å². The number of likely N-dealkylation sites (tertiary alicyclic amines) is 1. The van der Waals surface area contributed by atoms with Gasteiger partial charge in [-0.3, -0.25) is 0 Å². The molecule has 1 heterocycles. The van der Waals surface area contributed by atoms with E-state index in [0.717, 1.165) is 4.90 Å². The van der Waals surface area contributed by atoms with Crippen LogP contribution in [-0.4, -0.2) is 48.8 Å². The van der Waals surface area contributed by atoms with Crippen LogP contribution in [0.2, 0.25) is 0 Å². The number of amides is 1. The maximum Gasteiger partial charge on any atom is 0.410 e. The van der Waals surface area contributed by atoms with Crippen molar-refractivity contribution < 1.29 is 23.0 Å². The number of hydrogen-bond donors (Lipinski definition) is 0. The largest absolute Gasteiger partial charge is 0.444 e. The summed E-state index contributed by atoms with van der Waals surface area (Å²) in [7, 11) is 1.41. The lowest BCUT2D eigenvalue weighted by Crippen LogP contribution is -2.42. The summed E-state index contributed by atoms with van der Waals surface area (Å²) in [5, 5.41) is 0. The van der Waals surface area contributed by atoms with Crippen molar-refractivity contribution in [3.8, 4) is 0 Å². The topological polar surface area (TPSA) is 38.8 Å². The summed E-state index contributed by atoms with van der Waals surface area (Å²) in [6, 6.07) is 0. The third-order valence-electron chi connectivity index (χ3n) is 2.65. The van der Waals surface area contributed by atoms with Crippen LogP contribution in [0.4, 0.5) is 13.6 Å². The molecule has 1 unspecified atom stereocenters. The first-order chi connectivity index (χ1) is 8.13. The fourth-order valence-electron chi connectivity index (χ4n) is 1.84. The minimum atomic E-state index is -2.94. The number of alkyl halides is 2. The second-order valence-electron chi connectivity index (χ2n) is 5.61. The fourth-order valence-corrected chi connectivity index (χ4v) is 1.84. The van der Waals surface area contributed by atoms with E-state index in [9.17, 15) is 13.6 Å². The molecular weight excluding hydrogens is 244 g/mol. The third-order valence-corrected chi connectivity index (χ3v) is 2.65. The van der Waals surface area contributed by atoms with E-state index in [-0.39, 0.29) is 13.0 Å². The minimum absolute atomic E-state index is 0.225. The lowest BCUT2D eigenvalue weighted by atomic mass is 10.1. The zero-order chi connectivity index (χ0) is 14.0. The number of hydrogen-bond acceptors (Lipinski definition) is 3. The van der Waals surface area contributed by atoms with Crippen molar-refractivity contribution in [1.82, 2.24) is 4.90 Å². The number of carbonyl (C=O) groups is 1. The minimum Gasteiger partial charge on any atom is -0.444 e. The molecule has 1 rings (SSSR count). The molecule has 0 aromatic heterocycles. The number of halogens is 2. The summed E-state index contributed by atoms with van der Waals surface area (Å²) in [4.78, 5) is 12.8. The zero-order valence-corrected chi connectivity index (χ0v) is 11.3. The number of rotatable bonds is 1. The SMILES string of the molecule is COC1CCN(C(=O)OC(C)(C)C)CC(F)(F)C1. The number of methoxy groups -OCH3 is 1. The van der Waals surface area contributed by atoms with Crippen molar-refractivity contribution in [2.45, 2.75) is 51.2 Å². The van der Waals surface area contributed by atoms with Crippen LogP contribution in [0, 0.1) is 0 Å². The molecule has 1 aliphatic heterocycles. The Bertz CT molecular complexity index is 302. The van der Waals surface area contributed by atoms with Crippen molar-refractivity contribution in [3.63, 3.8) is 0 Å². The third kappa shape index (κ3) is 4.76. The maximum absolute atomic E-state index is 13.6. The Labute approximate surface area is 106 Å². The molecule has 0 aromatic rings. The highest BCUT2D eigenvalue weighted by atomic mass is 19.3. The molecule has 18 heavy (non-hydrogen) atoms. The number of carbonyl (C=O) groups excluding carboxylic acids is 1. The first-order valence-corrected chi connectivity index (χ1v) is 6.01. The quantitative estimate of drug-likeness (QED) is 0.731. The van der Waals surface area contributed by atoms with E-state index in [1.807, 2.05) is 0 Å². The molecule has 1 aliphatic rings. The molecule has 0 radical (unpaired) electrons. The maximum atomic E-state index is 13.6. The van der Waals surface area contributed by atoms with E-state index in [1.54, 1.807) is 20.8 Å². The van der Waals surface area contributed by atoms with Gasteiger partial charge in [-0.05, 0) is 27.2 Å². The van der Waals surface area contributed by atoms with E-state index in [2.05, 4.69) is 0 Å². The first-order valence-electron chi connectivity index (χ1n) is 6.01. The van der Waals surface area contributed by atoms with Crippen molar-refractivity contribution in [1.29, 1.82) is 0 Å². The highest BCUT2D eigenvalue weighted by molar-refractivity contribution is 5.68. The molecule has 1 saturated heterocycles. The smallest absolute Gasteiger partial charge is 0.410 e. The van der Waals surface area contributed by atoms with Crippen LogP contribution >= 0.6 is 0 Å². The summed E-state index contributed by atoms with van der Waals surface area (Å²) < 4.78 is 37.3. The second kappa shape index (κ2) is 5.38. The first kappa shape index (κ1) is 15.1. The van der Waals surface area contributed by atoms with E-state index in [4.69, 9.17) is 9.47 Å². The van der Waals surface area contributed by atoms with Gasteiger partial charge in [0.1, 0.15) is 5.60 Å². The lowest BCUT2D eigenvalue weighted by Gasteiger charge is -2.27. The molecule has 6 heteroatoms. The molecule has 106 valence electrons. The van der Waals surface area contributed by atoms with E-state index in [1.165, 1.54) is 7.11 Å². The molecule has 1 atom stereocenters. The molecular formula is C12H21F2NO3. The Hall–Kier alpha value is -0.910. The highest BCUT2D eigenvalue weighted by Crippen LogP contribution is 2.28. The molecule has 1 fully saturated rings. The van der Waals surface area contributed by atoms with Gasteiger partial charge in [0.25, 0.3) is 5.92 Å². The van der Waals surface area contributed by atoms with Gasteiger partial charge in [0.2, 0.25) is 0 Å². The van der Waals surface area contributed by atoms with Crippen LogP contribution in [-0.2, 0) is 9.47 Å². The summed E-state index contributed by atoms with van der Waals surface area (Å²) in [6.07, 6.45) is -1.18. The molecule has 0 aromatic carbocycles. The zero-order valence-electron chi connectivity index (χ0n) is 11.3. The number of ether oxygens (including phenoxy) is 2. The molecule has 1 amide bonds. The Morgan fingerprint density at radius 2 is 2.00 bits per heavy atom. The number of nitrogens with zero attached hydrogens (tertiary/aromatic N) is 1. The molecule has 0 bridgehead atoms. The predicted octanol–water partition coefficient (Wildman–Crippen LogP) is 2.67. The van der Waals surface area contributed by atoms with Crippen LogP contribution in [0.25, 0.3) is 0 Å². The van der Waals surface area contributed by atoms with Crippen LogP contribution in [0.1, 0.15) is 33.6 Å². The van der Waals surface area contributed by atoms with Crippen LogP contribution in [0.15, 0.2) is 0 Å². The van der Waals surface area contributed by atoms with Crippen LogP contribution < -0.4 is 0 Å². The standard InChI is InChI=1S/C12H21F2NO3/c1-11(2,3)18-10(16)15-6-5-9(17-4)7-12(13,14)8-15/h9H,5-8H2,1-4H3. The van der Waals surface area contributed by atoms with Gasteiger partial charge in [-0.15, -0.1) is 0 Å². The van der Waals surface area contributed by atoms with E-state index < -0.39 is 30.3 Å². The summed E-state index contributed by atoms with van der Waals surface area (Å²) in [5.74, 6) is -2.94. The molecule has 0 saturated carbocycles. The van der Waals surface area contributed by atoms with Gasteiger partial charge < -0.3 is 14.4 Å². The van der Waals surface area contributed by atoms with Gasteiger partial charge in [0.15, 0.2) is 0 Å². The summed E-state index contributed by atoms with van der Waals surface area (Å²) in [6.45, 7) is 4.74. The van der Waals surface area contributed by atoms with Gasteiger partial charge in [0.05, 0.1) is 12.6 Å². The van der Waals surface area contributed by atoms with Gasteiger partial charge in [0, 0.05) is 20.1 Å². The van der Waals surface area contributed by atoms with Gasteiger partial charge in [-0.1, -0.05) is 0 Å². The van der Waals surface area contributed by atoms with Crippen molar-refractivity contribution in [2.75, 3.05) is 20.2 Å². The Balaban J connectivity index is 2.69. The summed E-state index contributed by atoms with van der Waals surface area (Å²) >= 11 is 0. The van der Waals surface area contributed by atoms with Crippen molar-refractivity contribution in [2.24, 2.45) is 0 Å². The highest BCUT2D eigenvalue weighted by Gasteiger charge is 2.40. The molecule has 0 N–H and O–H groups in total. The Morgan fingerprint density at radius 3 is 2.50 bits per heavy atom. The van der Waals surface area contributed by atoms with Crippen molar-refractivity contribution >= 4 is 6.09 Å². The Kier molecular flexibility index (Phi) is 4.53. The lowest BCUT2D eigenvalue weighted by molar-refractivity contribution is -0.0599. The average Bonchev–Trinajstić information content (AvgIpc) is 2.33. The van der Waals surface area contributed by atoms with Crippen LogP contribution in [0.5, 0.6) is 0 Å². The van der Waals surface area contributed by atoms with Gasteiger partial charge in [-0.25, -0.2) is 13.6 Å². The predicted molar refractivity (Wildman–Crippen MR) is 62.8 cm³/mol. The molecule has 4 nitrogen and oxygen atoms in total. The Morgan fingerprint density at radius 1 is 1.39 bits per heavy atom. The molecule has 0 spiro atoms.